The van der Waals surface area contributed by atoms with Crippen molar-refractivity contribution in [1.29, 1.82) is 0 Å². The third kappa shape index (κ3) is 4.85. The highest BCUT2D eigenvalue weighted by molar-refractivity contribution is 8.15. The number of carbonyl (C=O) groups excluding carboxylic acids is 2. The summed E-state index contributed by atoms with van der Waals surface area (Å²) in [6.45, 7) is 2.36. The molecule has 146 valence electrons. The van der Waals surface area contributed by atoms with Crippen molar-refractivity contribution in [2.75, 3.05) is 19.0 Å². The van der Waals surface area contributed by atoms with E-state index in [0.717, 1.165) is 0 Å². The third-order valence-electron chi connectivity index (χ3n) is 4.12. The summed E-state index contributed by atoms with van der Waals surface area (Å²) in [6.07, 6.45) is 0.114. The molecule has 2 amide bonds. The molecule has 3 rings (SSSR count). The topological polar surface area (TPSA) is 71.0 Å². The van der Waals surface area contributed by atoms with Crippen LogP contribution in [-0.4, -0.2) is 40.8 Å². The Bertz CT molecular complexity index is 919. The predicted molar refractivity (Wildman–Crippen MR) is 114 cm³/mol. The highest BCUT2D eigenvalue weighted by Crippen LogP contribution is 2.30. The van der Waals surface area contributed by atoms with Gasteiger partial charge in [-0.25, -0.2) is 4.99 Å². The van der Waals surface area contributed by atoms with Crippen LogP contribution in [0.2, 0.25) is 5.02 Å². The van der Waals surface area contributed by atoms with Crippen molar-refractivity contribution in [3.8, 4) is 5.75 Å². The van der Waals surface area contributed by atoms with Gasteiger partial charge < -0.3 is 10.1 Å². The minimum atomic E-state index is -0.570. The van der Waals surface area contributed by atoms with Crippen molar-refractivity contribution in [3.05, 3.63) is 53.6 Å². The second-order valence-electron chi connectivity index (χ2n) is 6.04. The maximum atomic E-state index is 12.7. The van der Waals surface area contributed by atoms with Crippen LogP contribution in [0.3, 0.4) is 0 Å². The van der Waals surface area contributed by atoms with E-state index < -0.39 is 5.25 Å². The van der Waals surface area contributed by atoms with Crippen LogP contribution in [0, 0.1) is 0 Å². The summed E-state index contributed by atoms with van der Waals surface area (Å²) in [6, 6.07) is 14.2. The van der Waals surface area contributed by atoms with Gasteiger partial charge in [-0.3, -0.25) is 14.5 Å². The summed E-state index contributed by atoms with van der Waals surface area (Å²) in [5.41, 5.74) is 1.25. The lowest BCUT2D eigenvalue weighted by Crippen LogP contribution is -2.45. The van der Waals surface area contributed by atoms with Gasteiger partial charge in [0.05, 0.1) is 12.8 Å². The second-order valence-corrected chi connectivity index (χ2v) is 7.65. The molecule has 1 aliphatic heterocycles. The van der Waals surface area contributed by atoms with Crippen LogP contribution in [0.15, 0.2) is 53.5 Å². The van der Waals surface area contributed by atoms with E-state index in [1.807, 2.05) is 6.92 Å². The molecule has 1 fully saturated rings. The summed E-state index contributed by atoms with van der Waals surface area (Å²) in [7, 11) is 1.56. The maximum Gasteiger partial charge on any atom is 0.238 e. The number of methoxy groups -OCH3 is 1. The van der Waals surface area contributed by atoms with Gasteiger partial charge in [0.25, 0.3) is 0 Å². The lowest BCUT2D eigenvalue weighted by Gasteiger charge is -2.30. The summed E-state index contributed by atoms with van der Waals surface area (Å²) in [4.78, 5) is 31.4. The van der Waals surface area contributed by atoms with E-state index in [0.29, 0.717) is 33.9 Å². The molecule has 0 spiro atoms. The number of aliphatic imine (C=N–C) groups is 1. The summed E-state index contributed by atoms with van der Waals surface area (Å²) in [5, 5.41) is 3.33. The Morgan fingerprint density at radius 1 is 1.32 bits per heavy atom. The number of amides is 2. The van der Waals surface area contributed by atoms with Crippen LogP contribution in [-0.2, 0) is 9.59 Å². The molecule has 2 aromatic carbocycles. The minimum Gasteiger partial charge on any atom is -0.497 e. The Morgan fingerprint density at radius 2 is 2.11 bits per heavy atom. The smallest absolute Gasteiger partial charge is 0.238 e. The first-order valence-electron chi connectivity index (χ1n) is 8.76. The van der Waals surface area contributed by atoms with E-state index in [4.69, 9.17) is 16.3 Å². The number of rotatable bonds is 5. The first-order valence-corrected chi connectivity index (χ1v) is 10.0. The van der Waals surface area contributed by atoms with Gasteiger partial charge in [-0.2, -0.15) is 0 Å². The van der Waals surface area contributed by atoms with Crippen LogP contribution in [0.25, 0.3) is 0 Å². The molecular weight excluding hydrogens is 398 g/mol. The lowest BCUT2D eigenvalue weighted by molar-refractivity contribution is -0.129. The number of thioether (sulfide) groups is 1. The molecule has 0 bridgehead atoms. The fraction of sp³-hybridized carbons (Fsp3) is 0.250. The van der Waals surface area contributed by atoms with Crippen LogP contribution in [0.5, 0.6) is 5.75 Å². The molecule has 1 atom stereocenters. The van der Waals surface area contributed by atoms with Crippen molar-refractivity contribution in [3.63, 3.8) is 0 Å². The number of hydrogen-bond donors (Lipinski definition) is 1. The van der Waals surface area contributed by atoms with Crippen molar-refractivity contribution in [2.24, 2.45) is 4.99 Å². The average molecular weight is 418 g/mol. The number of hydrogen-bond acceptors (Lipinski definition) is 5. The van der Waals surface area contributed by atoms with E-state index in [2.05, 4.69) is 10.3 Å². The maximum absolute atomic E-state index is 12.7. The molecule has 28 heavy (non-hydrogen) atoms. The van der Waals surface area contributed by atoms with Crippen LogP contribution >= 0.6 is 23.4 Å². The number of anilines is 1. The molecular formula is C20H20ClN3O3S. The molecule has 2 aromatic rings. The zero-order valence-corrected chi connectivity index (χ0v) is 17.1. The largest absolute Gasteiger partial charge is 0.497 e. The third-order valence-corrected chi connectivity index (χ3v) is 5.54. The Hall–Kier alpha value is -2.51. The molecule has 0 radical (unpaired) electrons. The second kappa shape index (κ2) is 9.12. The molecule has 0 aromatic heterocycles. The SMILES string of the molecule is CCN1C(=O)C[C@@H](C(=O)Nc2cccc(OC)c2)SC1=Nc1cccc(Cl)c1. The molecule has 6 nitrogen and oxygen atoms in total. The van der Waals surface area contributed by atoms with E-state index >= 15 is 0 Å². The average Bonchev–Trinajstić information content (AvgIpc) is 2.68. The first-order chi connectivity index (χ1) is 13.5. The number of amidine groups is 1. The molecule has 8 heteroatoms. The van der Waals surface area contributed by atoms with Gasteiger partial charge in [0.2, 0.25) is 11.8 Å². The fourth-order valence-electron chi connectivity index (χ4n) is 2.73. The summed E-state index contributed by atoms with van der Waals surface area (Å²) in [5.74, 6) is 0.263. The normalized spacial score (nSPS) is 18.2. The van der Waals surface area contributed by atoms with Crippen LogP contribution in [0.4, 0.5) is 11.4 Å². The van der Waals surface area contributed by atoms with E-state index in [9.17, 15) is 9.59 Å². The van der Waals surface area contributed by atoms with Crippen molar-refractivity contribution >= 4 is 51.7 Å². The number of ether oxygens (including phenoxy) is 1. The van der Waals surface area contributed by atoms with E-state index in [-0.39, 0.29) is 18.2 Å². The molecule has 0 aliphatic carbocycles. The van der Waals surface area contributed by atoms with Crippen molar-refractivity contribution < 1.29 is 14.3 Å². The van der Waals surface area contributed by atoms with Crippen molar-refractivity contribution in [2.45, 2.75) is 18.6 Å². The van der Waals surface area contributed by atoms with Gasteiger partial charge in [0.15, 0.2) is 5.17 Å². The molecule has 1 aliphatic rings. The number of benzene rings is 2. The molecule has 0 saturated carbocycles. The van der Waals surface area contributed by atoms with Crippen LogP contribution in [0.1, 0.15) is 13.3 Å². The Kier molecular flexibility index (Phi) is 6.59. The number of nitrogens with one attached hydrogen (secondary N) is 1. The van der Waals surface area contributed by atoms with Gasteiger partial charge in [-0.1, -0.05) is 35.5 Å². The van der Waals surface area contributed by atoms with Crippen LogP contribution < -0.4 is 10.1 Å². The first kappa shape index (κ1) is 20.2. The van der Waals surface area contributed by atoms with Crippen molar-refractivity contribution in [1.82, 2.24) is 4.90 Å². The minimum absolute atomic E-state index is 0.114. The summed E-state index contributed by atoms with van der Waals surface area (Å²) >= 11 is 7.30. The highest BCUT2D eigenvalue weighted by atomic mass is 35.5. The quantitative estimate of drug-likeness (QED) is 0.786. The Morgan fingerprint density at radius 3 is 2.82 bits per heavy atom. The highest BCUT2D eigenvalue weighted by Gasteiger charge is 2.35. The molecule has 1 N–H and O–H groups in total. The van der Waals surface area contributed by atoms with Gasteiger partial charge in [0, 0.05) is 29.7 Å². The zero-order valence-electron chi connectivity index (χ0n) is 15.5. The Balaban J connectivity index is 1.80. The molecule has 0 unspecified atom stereocenters. The van der Waals surface area contributed by atoms with Gasteiger partial charge in [-0.05, 0) is 37.3 Å². The van der Waals surface area contributed by atoms with Gasteiger partial charge >= 0.3 is 0 Å². The molecule has 1 heterocycles. The number of halogens is 1. The lowest BCUT2D eigenvalue weighted by atomic mass is 10.2. The number of nitrogens with zero attached hydrogens (tertiary/aromatic N) is 2. The van der Waals surface area contributed by atoms with Gasteiger partial charge in [-0.15, -0.1) is 0 Å². The Labute approximate surface area is 172 Å². The predicted octanol–water partition coefficient (Wildman–Crippen LogP) is 4.33. The molecule has 1 saturated heterocycles. The number of carbonyl (C=O) groups is 2. The van der Waals surface area contributed by atoms with E-state index in [1.165, 1.54) is 11.8 Å². The summed E-state index contributed by atoms with van der Waals surface area (Å²) < 4.78 is 5.17. The fourth-order valence-corrected chi connectivity index (χ4v) is 4.08. The zero-order chi connectivity index (χ0) is 20.1. The van der Waals surface area contributed by atoms with E-state index in [1.54, 1.807) is 60.5 Å². The standard InChI is InChI=1S/C20H20ClN3O3S/c1-3-24-18(25)12-17(19(26)22-15-8-5-9-16(11-15)27-2)28-20(24)23-14-7-4-6-13(21)10-14/h4-11,17H,3,12H2,1-2H3,(H,22,26)/t17-/m0/s1. The monoisotopic (exact) mass is 417 g/mol. The van der Waals surface area contributed by atoms with Gasteiger partial charge in [0.1, 0.15) is 11.0 Å².